The van der Waals surface area contributed by atoms with Gasteiger partial charge in [-0.1, -0.05) is 6.07 Å². The van der Waals surface area contributed by atoms with Crippen LogP contribution in [0.1, 0.15) is 33.3 Å². The van der Waals surface area contributed by atoms with Gasteiger partial charge < -0.3 is 19.0 Å². The number of urea groups is 1. The number of nitrogens with zero attached hydrogens (tertiary/aromatic N) is 3. The third-order valence-corrected chi connectivity index (χ3v) is 4.97. The summed E-state index contributed by atoms with van der Waals surface area (Å²) in [4.78, 5) is 42.1. The van der Waals surface area contributed by atoms with Gasteiger partial charge in [0.15, 0.2) is 0 Å². The normalized spacial score (nSPS) is 14.9. The van der Waals surface area contributed by atoms with Crippen LogP contribution in [0, 0.1) is 13.8 Å². The van der Waals surface area contributed by atoms with Gasteiger partial charge in [-0.05, 0) is 55.8 Å². The molecule has 9 heteroatoms. The quantitative estimate of drug-likeness (QED) is 0.386. The molecule has 1 aliphatic rings. The zero-order chi connectivity index (χ0) is 22.1. The fourth-order valence-corrected chi connectivity index (χ4v) is 3.47. The molecule has 0 atom stereocenters. The van der Waals surface area contributed by atoms with E-state index in [1.165, 1.54) is 19.2 Å². The summed E-state index contributed by atoms with van der Waals surface area (Å²) in [5.41, 5.74) is 2.78. The van der Waals surface area contributed by atoms with Crippen molar-refractivity contribution in [3.63, 3.8) is 0 Å². The summed E-state index contributed by atoms with van der Waals surface area (Å²) in [6.45, 7) is 3.76. The van der Waals surface area contributed by atoms with Crippen LogP contribution in [-0.4, -0.2) is 39.5 Å². The van der Waals surface area contributed by atoms with Gasteiger partial charge >= 0.3 is 12.0 Å². The molecule has 0 aliphatic carbocycles. The van der Waals surface area contributed by atoms with Crippen LogP contribution in [-0.2, 0) is 16.1 Å². The Bertz CT molecular complexity index is 1210. The van der Waals surface area contributed by atoms with Gasteiger partial charge in [0.2, 0.25) is 5.76 Å². The lowest BCUT2D eigenvalue weighted by Crippen LogP contribution is -2.30. The SMILES string of the molecule is COC(=O)c1ccc(CN2C(=O)NC(=Cc3cc(C)n(-c4ccccn4)c3C)C2=O)o1. The van der Waals surface area contributed by atoms with Gasteiger partial charge in [0.1, 0.15) is 17.3 Å². The molecule has 0 radical (unpaired) electrons. The smallest absolute Gasteiger partial charge is 0.373 e. The molecule has 31 heavy (non-hydrogen) atoms. The maximum absolute atomic E-state index is 12.8. The predicted octanol–water partition coefficient (Wildman–Crippen LogP) is 2.96. The topological polar surface area (TPSA) is 107 Å². The molecule has 1 aliphatic heterocycles. The number of furan rings is 1. The van der Waals surface area contributed by atoms with Gasteiger partial charge in [0.25, 0.3) is 5.91 Å². The van der Waals surface area contributed by atoms with Crippen LogP contribution in [0.4, 0.5) is 4.79 Å². The summed E-state index contributed by atoms with van der Waals surface area (Å²) in [5.74, 6) is -0.0542. The van der Waals surface area contributed by atoms with Crippen molar-refractivity contribution in [1.82, 2.24) is 19.8 Å². The molecule has 1 N–H and O–H groups in total. The van der Waals surface area contributed by atoms with Crippen molar-refractivity contribution in [3.05, 3.63) is 76.8 Å². The summed E-state index contributed by atoms with van der Waals surface area (Å²) in [6, 6.07) is 9.96. The van der Waals surface area contributed by atoms with E-state index in [0.29, 0.717) is 5.76 Å². The van der Waals surface area contributed by atoms with Crippen LogP contribution in [0.5, 0.6) is 0 Å². The van der Waals surface area contributed by atoms with Gasteiger partial charge in [-0.3, -0.25) is 9.69 Å². The first-order valence-electron chi connectivity index (χ1n) is 9.51. The molecule has 1 fully saturated rings. The van der Waals surface area contributed by atoms with Crippen molar-refractivity contribution < 1.29 is 23.5 Å². The minimum absolute atomic E-state index is 0.00211. The van der Waals surface area contributed by atoms with Gasteiger partial charge in [0.05, 0.1) is 13.7 Å². The van der Waals surface area contributed by atoms with E-state index in [4.69, 9.17) is 4.42 Å². The number of imide groups is 1. The number of methoxy groups -OCH3 is 1. The number of aromatic nitrogens is 2. The number of amides is 3. The fourth-order valence-electron chi connectivity index (χ4n) is 3.47. The number of hydrogen-bond donors (Lipinski definition) is 1. The maximum Gasteiger partial charge on any atom is 0.373 e. The second kappa shape index (κ2) is 7.94. The molecule has 3 aromatic rings. The largest absolute Gasteiger partial charge is 0.463 e. The number of pyridine rings is 1. The molecule has 3 aromatic heterocycles. The van der Waals surface area contributed by atoms with Crippen LogP contribution in [0.15, 0.2) is 52.7 Å². The number of aryl methyl sites for hydroxylation is 1. The zero-order valence-corrected chi connectivity index (χ0v) is 17.2. The van der Waals surface area contributed by atoms with Gasteiger partial charge in [0, 0.05) is 17.6 Å². The second-order valence-corrected chi connectivity index (χ2v) is 6.99. The van der Waals surface area contributed by atoms with E-state index in [-0.39, 0.29) is 18.0 Å². The third-order valence-electron chi connectivity index (χ3n) is 4.97. The Balaban J connectivity index is 1.58. The lowest BCUT2D eigenvalue weighted by molar-refractivity contribution is -0.123. The number of rotatable bonds is 5. The van der Waals surface area contributed by atoms with Crippen LogP contribution in [0.25, 0.3) is 11.9 Å². The highest BCUT2D eigenvalue weighted by Crippen LogP contribution is 2.24. The van der Waals surface area contributed by atoms with E-state index in [1.807, 2.05) is 42.7 Å². The number of nitrogens with one attached hydrogen (secondary N) is 1. The predicted molar refractivity (Wildman–Crippen MR) is 110 cm³/mol. The van der Waals surface area contributed by atoms with E-state index in [1.54, 1.807) is 12.3 Å². The Morgan fingerprint density at radius 3 is 2.74 bits per heavy atom. The summed E-state index contributed by atoms with van der Waals surface area (Å²) in [6.07, 6.45) is 3.36. The number of ether oxygens (including phenoxy) is 1. The van der Waals surface area contributed by atoms with Gasteiger partial charge in [-0.15, -0.1) is 0 Å². The minimum atomic E-state index is -0.632. The Hall–Kier alpha value is -4.14. The molecule has 0 aromatic carbocycles. The van der Waals surface area contributed by atoms with Crippen molar-refractivity contribution in [1.29, 1.82) is 0 Å². The molecule has 158 valence electrons. The van der Waals surface area contributed by atoms with E-state index in [9.17, 15) is 14.4 Å². The van der Waals surface area contributed by atoms with Crippen LogP contribution in [0.2, 0.25) is 0 Å². The first-order chi connectivity index (χ1) is 14.9. The Kier molecular flexibility index (Phi) is 5.16. The highest BCUT2D eigenvalue weighted by Gasteiger charge is 2.34. The molecule has 0 spiro atoms. The molecule has 0 saturated carbocycles. The zero-order valence-electron chi connectivity index (χ0n) is 17.2. The monoisotopic (exact) mass is 420 g/mol. The minimum Gasteiger partial charge on any atom is -0.463 e. The number of carbonyl (C=O) groups excluding carboxylic acids is 3. The molecule has 4 rings (SSSR count). The summed E-state index contributed by atoms with van der Waals surface area (Å²) < 4.78 is 11.9. The highest BCUT2D eigenvalue weighted by atomic mass is 16.5. The lowest BCUT2D eigenvalue weighted by Gasteiger charge is -2.09. The van der Waals surface area contributed by atoms with Crippen molar-refractivity contribution in [2.45, 2.75) is 20.4 Å². The van der Waals surface area contributed by atoms with E-state index >= 15 is 0 Å². The Labute approximate surface area is 177 Å². The average molecular weight is 420 g/mol. The molecular formula is C22H20N4O5. The van der Waals surface area contributed by atoms with Crippen LogP contribution in [0.3, 0.4) is 0 Å². The molecule has 1 saturated heterocycles. The van der Waals surface area contributed by atoms with Crippen molar-refractivity contribution >= 4 is 24.0 Å². The molecule has 4 heterocycles. The molecule has 3 amide bonds. The number of esters is 1. The van der Waals surface area contributed by atoms with Crippen molar-refractivity contribution in [3.8, 4) is 5.82 Å². The summed E-state index contributed by atoms with van der Waals surface area (Å²) in [5, 5.41) is 2.60. The van der Waals surface area contributed by atoms with E-state index in [2.05, 4.69) is 15.0 Å². The fraction of sp³-hybridized carbons (Fsp3) is 0.182. The van der Waals surface area contributed by atoms with Gasteiger partial charge in [-0.2, -0.15) is 0 Å². The average Bonchev–Trinajstić information content (AvgIpc) is 3.42. The molecule has 0 unspecified atom stereocenters. The van der Waals surface area contributed by atoms with Crippen LogP contribution < -0.4 is 5.32 Å². The van der Waals surface area contributed by atoms with Crippen LogP contribution >= 0.6 is 0 Å². The molecule has 0 bridgehead atoms. The highest BCUT2D eigenvalue weighted by molar-refractivity contribution is 6.13. The Morgan fingerprint density at radius 1 is 1.23 bits per heavy atom. The summed E-state index contributed by atoms with van der Waals surface area (Å²) >= 11 is 0. The second-order valence-electron chi connectivity index (χ2n) is 6.99. The number of hydrogen-bond acceptors (Lipinski definition) is 6. The standard InChI is InChI=1S/C22H20N4O5/c1-13-10-15(14(2)26(13)19-6-4-5-9-23-19)11-17-20(27)25(22(29)24-17)12-16-7-8-18(31-16)21(28)30-3/h4-11H,12H2,1-3H3,(H,24,29). The third kappa shape index (κ3) is 3.73. The van der Waals surface area contributed by atoms with Gasteiger partial charge in [-0.25, -0.2) is 14.6 Å². The molecular weight excluding hydrogens is 400 g/mol. The Morgan fingerprint density at radius 2 is 2.03 bits per heavy atom. The van der Waals surface area contributed by atoms with Crippen molar-refractivity contribution in [2.75, 3.05) is 7.11 Å². The maximum atomic E-state index is 12.8. The van der Waals surface area contributed by atoms with E-state index in [0.717, 1.165) is 27.7 Å². The first kappa shape index (κ1) is 20.1. The van der Waals surface area contributed by atoms with Crippen molar-refractivity contribution in [2.24, 2.45) is 0 Å². The summed E-state index contributed by atoms with van der Waals surface area (Å²) in [7, 11) is 1.24. The first-order valence-corrected chi connectivity index (χ1v) is 9.51. The molecule has 9 nitrogen and oxygen atoms in total. The van der Waals surface area contributed by atoms with E-state index < -0.39 is 17.9 Å². The lowest BCUT2D eigenvalue weighted by atomic mass is 10.2. The number of carbonyl (C=O) groups is 3.